The number of hydrogen-bond donors (Lipinski definition) is 2. The van der Waals surface area contributed by atoms with Gasteiger partial charge in [-0.1, -0.05) is 0 Å². The number of amides is 1. The molecule has 0 radical (unpaired) electrons. The standard InChI is InChI=1S/C16H31N7O/c1-6-17-15(22(5)11-14(24)21-16(2,3)4)18-9-7-8-10-23-12-19-20-13-23/h12-13H,6-11H2,1-5H3,(H,17,18)(H,21,24). The number of aliphatic imine (C=N–C) groups is 1. The minimum absolute atomic E-state index is 0.0109. The zero-order chi connectivity index (χ0) is 18.0. The first-order valence-electron chi connectivity index (χ1n) is 8.44. The van der Waals surface area contributed by atoms with E-state index in [4.69, 9.17) is 0 Å². The van der Waals surface area contributed by atoms with Crippen molar-refractivity contribution in [1.29, 1.82) is 0 Å². The van der Waals surface area contributed by atoms with Gasteiger partial charge in [0.25, 0.3) is 0 Å². The van der Waals surface area contributed by atoms with E-state index >= 15 is 0 Å². The van der Waals surface area contributed by atoms with Crippen LogP contribution in [-0.2, 0) is 11.3 Å². The number of carbonyl (C=O) groups is 1. The lowest BCUT2D eigenvalue weighted by Crippen LogP contribution is -2.48. The van der Waals surface area contributed by atoms with Crippen molar-refractivity contribution >= 4 is 11.9 Å². The third-order valence-electron chi connectivity index (χ3n) is 3.14. The van der Waals surface area contributed by atoms with Crippen LogP contribution in [-0.4, -0.2) is 63.8 Å². The van der Waals surface area contributed by atoms with Crippen molar-refractivity contribution in [2.24, 2.45) is 4.99 Å². The van der Waals surface area contributed by atoms with Gasteiger partial charge in [0.2, 0.25) is 5.91 Å². The first-order valence-corrected chi connectivity index (χ1v) is 8.44. The fourth-order valence-corrected chi connectivity index (χ4v) is 2.15. The van der Waals surface area contributed by atoms with Crippen LogP contribution in [0.5, 0.6) is 0 Å². The van der Waals surface area contributed by atoms with Gasteiger partial charge in [-0.3, -0.25) is 9.79 Å². The van der Waals surface area contributed by atoms with Gasteiger partial charge in [-0.15, -0.1) is 10.2 Å². The predicted octanol–water partition coefficient (Wildman–Crippen LogP) is 0.870. The number of likely N-dealkylation sites (N-methyl/N-ethyl adjacent to an activating group) is 1. The van der Waals surface area contributed by atoms with E-state index in [0.717, 1.165) is 38.4 Å². The Morgan fingerprint density at radius 2 is 1.92 bits per heavy atom. The van der Waals surface area contributed by atoms with Crippen LogP contribution in [0.1, 0.15) is 40.5 Å². The average Bonchev–Trinajstić information content (AvgIpc) is 2.96. The summed E-state index contributed by atoms with van der Waals surface area (Å²) in [6.07, 6.45) is 5.41. The van der Waals surface area contributed by atoms with E-state index < -0.39 is 0 Å². The van der Waals surface area contributed by atoms with Crippen molar-refractivity contribution in [2.45, 2.75) is 52.6 Å². The number of nitrogens with zero attached hydrogens (tertiary/aromatic N) is 5. The Bertz CT molecular complexity index is 505. The molecule has 0 aliphatic carbocycles. The molecule has 0 aliphatic rings. The molecule has 0 aromatic carbocycles. The van der Waals surface area contributed by atoms with E-state index in [1.54, 1.807) is 12.7 Å². The number of aromatic nitrogens is 3. The molecule has 0 spiro atoms. The van der Waals surface area contributed by atoms with Crippen LogP contribution in [0, 0.1) is 0 Å². The molecule has 0 atom stereocenters. The highest BCUT2D eigenvalue weighted by Crippen LogP contribution is 1.99. The lowest BCUT2D eigenvalue weighted by Gasteiger charge is -2.25. The van der Waals surface area contributed by atoms with Gasteiger partial charge in [0.15, 0.2) is 5.96 Å². The average molecular weight is 337 g/mol. The summed E-state index contributed by atoms with van der Waals surface area (Å²) in [6, 6.07) is 0. The zero-order valence-corrected chi connectivity index (χ0v) is 15.5. The molecule has 1 heterocycles. The Hall–Kier alpha value is -2.12. The second kappa shape index (κ2) is 9.89. The minimum Gasteiger partial charge on any atom is -0.357 e. The van der Waals surface area contributed by atoms with Crippen molar-refractivity contribution in [3.63, 3.8) is 0 Å². The monoisotopic (exact) mass is 337 g/mol. The van der Waals surface area contributed by atoms with Crippen molar-refractivity contribution in [3.05, 3.63) is 12.7 Å². The molecule has 1 rings (SSSR count). The zero-order valence-electron chi connectivity index (χ0n) is 15.5. The molecule has 0 bridgehead atoms. The number of hydrogen-bond acceptors (Lipinski definition) is 4. The van der Waals surface area contributed by atoms with E-state index in [-0.39, 0.29) is 18.0 Å². The highest BCUT2D eigenvalue weighted by atomic mass is 16.2. The molecule has 1 aromatic rings. The molecule has 0 aliphatic heterocycles. The van der Waals surface area contributed by atoms with Gasteiger partial charge in [-0.25, -0.2) is 0 Å². The number of carbonyl (C=O) groups excluding carboxylic acids is 1. The Kier molecular flexibility index (Phi) is 8.21. The number of guanidine groups is 1. The maximum atomic E-state index is 12.0. The second-order valence-corrected chi connectivity index (χ2v) is 6.80. The number of rotatable bonds is 8. The normalized spacial score (nSPS) is 12.1. The van der Waals surface area contributed by atoms with Crippen molar-refractivity contribution < 1.29 is 4.79 Å². The highest BCUT2D eigenvalue weighted by Gasteiger charge is 2.16. The molecule has 0 saturated heterocycles. The second-order valence-electron chi connectivity index (χ2n) is 6.80. The van der Waals surface area contributed by atoms with Crippen LogP contribution in [0.25, 0.3) is 0 Å². The summed E-state index contributed by atoms with van der Waals surface area (Å²) < 4.78 is 1.96. The van der Waals surface area contributed by atoms with E-state index in [1.807, 2.05) is 44.2 Å². The molecule has 136 valence electrons. The summed E-state index contributed by atoms with van der Waals surface area (Å²) in [7, 11) is 1.88. The van der Waals surface area contributed by atoms with Crippen LogP contribution >= 0.6 is 0 Å². The molecule has 1 aromatic heterocycles. The first kappa shape index (κ1) is 19.9. The highest BCUT2D eigenvalue weighted by molar-refractivity contribution is 5.86. The van der Waals surface area contributed by atoms with Crippen LogP contribution in [0.2, 0.25) is 0 Å². The molecule has 0 fully saturated rings. The maximum Gasteiger partial charge on any atom is 0.240 e. The number of aryl methyl sites for hydroxylation is 1. The smallest absolute Gasteiger partial charge is 0.240 e. The van der Waals surface area contributed by atoms with E-state index in [1.165, 1.54) is 0 Å². The van der Waals surface area contributed by atoms with Gasteiger partial charge >= 0.3 is 0 Å². The largest absolute Gasteiger partial charge is 0.357 e. The number of nitrogens with one attached hydrogen (secondary N) is 2. The van der Waals surface area contributed by atoms with Gasteiger partial charge in [0.1, 0.15) is 12.7 Å². The topological polar surface area (TPSA) is 87.4 Å². The van der Waals surface area contributed by atoms with Crippen molar-refractivity contribution in [1.82, 2.24) is 30.3 Å². The molecule has 2 N–H and O–H groups in total. The minimum atomic E-state index is -0.227. The van der Waals surface area contributed by atoms with Gasteiger partial charge in [-0.05, 0) is 40.5 Å². The molecule has 24 heavy (non-hydrogen) atoms. The lowest BCUT2D eigenvalue weighted by atomic mass is 10.1. The fraction of sp³-hybridized carbons (Fsp3) is 0.750. The summed E-state index contributed by atoms with van der Waals surface area (Å²) in [5.74, 6) is 0.745. The molecule has 0 saturated carbocycles. The molecular formula is C16H31N7O. The maximum absolute atomic E-state index is 12.0. The van der Waals surface area contributed by atoms with Crippen LogP contribution in [0.3, 0.4) is 0 Å². The van der Waals surface area contributed by atoms with E-state index in [2.05, 4.69) is 25.8 Å². The molecule has 8 heteroatoms. The molecular weight excluding hydrogens is 306 g/mol. The van der Waals surface area contributed by atoms with Crippen molar-refractivity contribution in [2.75, 3.05) is 26.7 Å². The Morgan fingerprint density at radius 3 is 2.50 bits per heavy atom. The van der Waals surface area contributed by atoms with Gasteiger partial charge < -0.3 is 20.1 Å². The Balaban J connectivity index is 2.40. The third kappa shape index (κ3) is 8.50. The molecule has 1 amide bonds. The van der Waals surface area contributed by atoms with Crippen molar-refractivity contribution in [3.8, 4) is 0 Å². The van der Waals surface area contributed by atoms with Gasteiger partial charge in [0, 0.05) is 32.2 Å². The van der Waals surface area contributed by atoms with Crippen LogP contribution < -0.4 is 10.6 Å². The Labute approximate surface area is 144 Å². The lowest BCUT2D eigenvalue weighted by molar-refractivity contribution is -0.122. The summed E-state index contributed by atoms with van der Waals surface area (Å²) in [5.41, 5.74) is -0.227. The van der Waals surface area contributed by atoms with E-state index in [0.29, 0.717) is 0 Å². The summed E-state index contributed by atoms with van der Waals surface area (Å²) >= 11 is 0. The summed E-state index contributed by atoms with van der Waals surface area (Å²) in [5, 5.41) is 13.7. The predicted molar refractivity (Wildman–Crippen MR) is 95.8 cm³/mol. The quantitative estimate of drug-likeness (QED) is 0.417. The SMILES string of the molecule is CCNC(=NCCCCn1cnnc1)N(C)CC(=O)NC(C)(C)C. The van der Waals surface area contributed by atoms with Gasteiger partial charge in [-0.2, -0.15) is 0 Å². The summed E-state index contributed by atoms with van der Waals surface area (Å²) in [4.78, 5) is 18.5. The Morgan fingerprint density at radius 1 is 1.25 bits per heavy atom. The van der Waals surface area contributed by atoms with E-state index in [9.17, 15) is 4.79 Å². The third-order valence-corrected chi connectivity index (χ3v) is 3.14. The van der Waals surface area contributed by atoms with Gasteiger partial charge in [0.05, 0.1) is 6.54 Å². The number of unbranched alkanes of at least 4 members (excludes halogenated alkanes) is 1. The molecule has 8 nitrogen and oxygen atoms in total. The van der Waals surface area contributed by atoms with Crippen LogP contribution in [0.15, 0.2) is 17.6 Å². The fourth-order valence-electron chi connectivity index (χ4n) is 2.15. The molecule has 0 unspecified atom stereocenters. The summed E-state index contributed by atoms with van der Waals surface area (Å²) in [6.45, 7) is 10.6. The first-order chi connectivity index (χ1) is 11.3. The van der Waals surface area contributed by atoms with Crippen LogP contribution in [0.4, 0.5) is 0 Å².